The van der Waals surface area contributed by atoms with Gasteiger partial charge < -0.3 is 10.3 Å². The van der Waals surface area contributed by atoms with Crippen molar-refractivity contribution in [2.45, 2.75) is 11.3 Å². The Labute approximate surface area is 107 Å². The van der Waals surface area contributed by atoms with Gasteiger partial charge in [0.2, 0.25) is 0 Å². The van der Waals surface area contributed by atoms with Gasteiger partial charge >= 0.3 is 0 Å². The summed E-state index contributed by atoms with van der Waals surface area (Å²) in [6.07, 6.45) is 4.13. The third-order valence-corrected chi connectivity index (χ3v) is 4.09. The van der Waals surface area contributed by atoms with Crippen molar-refractivity contribution in [1.29, 1.82) is 0 Å². The van der Waals surface area contributed by atoms with Gasteiger partial charge in [-0.15, -0.1) is 0 Å². The molecule has 18 heavy (non-hydrogen) atoms. The van der Waals surface area contributed by atoms with Gasteiger partial charge in [-0.2, -0.15) is 0 Å². The van der Waals surface area contributed by atoms with Crippen molar-refractivity contribution in [3.05, 3.63) is 42.2 Å². The Kier molecular flexibility index (Phi) is 3.76. The zero-order chi connectivity index (χ0) is 13.1. The first-order chi connectivity index (χ1) is 8.58. The van der Waals surface area contributed by atoms with Gasteiger partial charge in [-0.1, -0.05) is 0 Å². The zero-order valence-electron chi connectivity index (χ0n) is 9.97. The lowest BCUT2D eigenvalue weighted by molar-refractivity contribution is 0.627. The molecule has 1 heterocycles. The van der Waals surface area contributed by atoms with Crippen molar-refractivity contribution in [3.63, 3.8) is 0 Å². The fraction of sp³-hybridized carbons (Fsp3) is 0.250. The summed E-state index contributed by atoms with van der Waals surface area (Å²) in [7, 11) is 0.645. The molecule has 4 nitrogen and oxygen atoms in total. The molecule has 0 aliphatic rings. The summed E-state index contributed by atoms with van der Waals surface area (Å²) in [5.41, 5.74) is 5.88. The number of rotatable bonds is 4. The molecule has 0 aliphatic carbocycles. The third kappa shape index (κ3) is 2.76. The number of imidazole rings is 1. The Hall–Kier alpha value is -1.69. The molecule has 1 aromatic carbocycles. The van der Waals surface area contributed by atoms with Crippen LogP contribution in [0.4, 0.5) is 10.1 Å². The summed E-state index contributed by atoms with van der Waals surface area (Å²) >= 11 is 0. The second-order valence-corrected chi connectivity index (χ2v) is 5.48. The van der Waals surface area contributed by atoms with E-state index >= 15 is 0 Å². The van der Waals surface area contributed by atoms with Gasteiger partial charge in [-0.05, 0) is 18.2 Å². The molecule has 1 unspecified atom stereocenters. The van der Waals surface area contributed by atoms with Gasteiger partial charge in [-0.25, -0.2) is 9.37 Å². The molecule has 2 rings (SSSR count). The van der Waals surface area contributed by atoms with Crippen molar-refractivity contribution >= 4 is 16.5 Å². The maximum absolute atomic E-state index is 12.9. The van der Waals surface area contributed by atoms with Crippen LogP contribution in [0.2, 0.25) is 0 Å². The summed E-state index contributed by atoms with van der Waals surface area (Å²) in [5.74, 6) is 0.863. The Morgan fingerprint density at radius 2 is 2.28 bits per heavy atom. The van der Waals surface area contributed by atoms with Crippen molar-refractivity contribution in [1.82, 2.24) is 9.55 Å². The van der Waals surface area contributed by atoms with Crippen molar-refractivity contribution in [3.8, 4) is 0 Å². The molecule has 0 bridgehead atoms. The lowest BCUT2D eigenvalue weighted by Crippen LogP contribution is -2.07. The highest BCUT2D eigenvalue weighted by molar-refractivity contribution is 7.85. The van der Waals surface area contributed by atoms with Crippen LogP contribution < -0.4 is 5.73 Å². The van der Waals surface area contributed by atoms with Crippen LogP contribution in [0, 0.1) is 5.82 Å². The predicted octanol–water partition coefficient (Wildman–Crippen LogP) is 1.49. The second kappa shape index (κ2) is 5.30. The molecule has 0 fully saturated rings. The molecule has 96 valence electrons. The Bertz CT molecular complexity index is 582. The minimum absolute atomic E-state index is 0.230. The van der Waals surface area contributed by atoms with Gasteiger partial charge in [0, 0.05) is 31.6 Å². The van der Waals surface area contributed by atoms with Gasteiger partial charge in [0.05, 0.1) is 21.4 Å². The normalized spacial score (nSPS) is 12.6. The van der Waals surface area contributed by atoms with E-state index in [1.54, 1.807) is 6.20 Å². The summed E-state index contributed by atoms with van der Waals surface area (Å²) < 4.78 is 26.8. The van der Waals surface area contributed by atoms with Gasteiger partial charge in [0.15, 0.2) is 0 Å². The van der Waals surface area contributed by atoms with Crippen LogP contribution in [0.3, 0.4) is 0 Å². The molecule has 0 saturated heterocycles. The molecular weight excluding hydrogens is 253 g/mol. The summed E-state index contributed by atoms with van der Waals surface area (Å²) in [6, 6.07) is 3.93. The molecule has 1 atom stereocenters. The summed E-state index contributed by atoms with van der Waals surface area (Å²) in [6.45, 7) is 0. The average molecular weight is 267 g/mol. The van der Waals surface area contributed by atoms with Crippen molar-refractivity contribution in [2.24, 2.45) is 7.05 Å². The predicted molar refractivity (Wildman–Crippen MR) is 69.0 cm³/mol. The molecule has 2 aromatic rings. The number of nitrogen functional groups attached to an aromatic ring is 1. The molecule has 0 radical (unpaired) electrons. The van der Waals surface area contributed by atoms with Crippen molar-refractivity contribution in [2.75, 3.05) is 11.5 Å². The quantitative estimate of drug-likeness (QED) is 0.854. The van der Waals surface area contributed by atoms with E-state index in [4.69, 9.17) is 5.73 Å². The van der Waals surface area contributed by atoms with Crippen LogP contribution in [-0.2, 0) is 24.3 Å². The van der Waals surface area contributed by atoms with E-state index in [-0.39, 0.29) is 5.69 Å². The number of aryl methyl sites for hydroxylation is 2. The number of hydrogen-bond donors (Lipinski definition) is 1. The lowest BCUT2D eigenvalue weighted by atomic mass is 10.3. The van der Waals surface area contributed by atoms with Crippen LogP contribution in [-0.4, -0.2) is 19.5 Å². The van der Waals surface area contributed by atoms with E-state index < -0.39 is 16.6 Å². The van der Waals surface area contributed by atoms with Crippen LogP contribution in [0.15, 0.2) is 35.5 Å². The van der Waals surface area contributed by atoms with Crippen LogP contribution in [0.5, 0.6) is 0 Å². The summed E-state index contributed by atoms with van der Waals surface area (Å²) in [5, 5.41) is 0. The van der Waals surface area contributed by atoms with Gasteiger partial charge in [-0.3, -0.25) is 4.21 Å². The first-order valence-electron chi connectivity index (χ1n) is 5.47. The number of hydrogen-bond acceptors (Lipinski definition) is 3. The molecule has 2 N–H and O–H groups in total. The first kappa shape index (κ1) is 12.8. The summed E-state index contributed by atoms with van der Waals surface area (Å²) in [4.78, 5) is 4.63. The van der Waals surface area contributed by atoms with E-state index in [0.29, 0.717) is 17.1 Å². The minimum Gasteiger partial charge on any atom is -0.398 e. The third-order valence-electron chi connectivity index (χ3n) is 2.65. The second-order valence-electron chi connectivity index (χ2n) is 3.94. The first-order valence-corrected chi connectivity index (χ1v) is 6.79. The molecule has 1 aromatic heterocycles. The number of nitrogens with two attached hydrogens (primary N) is 1. The number of aromatic nitrogens is 2. The molecule has 0 spiro atoms. The largest absolute Gasteiger partial charge is 0.398 e. The maximum Gasteiger partial charge on any atom is 0.125 e. The molecule has 0 saturated carbocycles. The van der Waals surface area contributed by atoms with Gasteiger partial charge in [0.1, 0.15) is 11.6 Å². The topological polar surface area (TPSA) is 60.9 Å². The molecule has 0 amide bonds. The standard InChI is InChI=1S/C12H14FN3OS/c1-16-6-5-15-12(16)4-7-18(17)11-3-2-9(13)8-10(11)14/h2-3,5-6,8H,4,7,14H2,1H3. The van der Waals surface area contributed by atoms with E-state index in [9.17, 15) is 8.60 Å². The van der Waals surface area contributed by atoms with E-state index in [1.165, 1.54) is 18.2 Å². The highest BCUT2D eigenvalue weighted by Gasteiger charge is 2.10. The number of nitrogens with zero attached hydrogens (tertiary/aromatic N) is 2. The highest BCUT2D eigenvalue weighted by Crippen LogP contribution is 2.18. The van der Waals surface area contributed by atoms with E-state index in [2.05, 4.69) is 4.98 Å². The van der Waals surface area contributed by atoms with E-state index in [1.807, 2.05) is 17.8 Å². The Balaban J connectivity index is 2.06. The van der Waals surface area contributed by atoms with Crippen LogP contribution >= 0.6 is 0 Å². The lowest BCUT2D eigenvalue weighted by Gasteiger charge is -2.06. The average Bonchev–Trinajstić information content (AvgIpc) is 2.72. The molecular formula is C12H14FN3OS. The fourth-order valence-electron chi connectivity index (χ4n) is 1.66. The Morgan fingerprint density at radius 3 is 2.89 bits per heavy atom. The number of halogens is 1. The zero-order valence-corrected chi connectivity index (χ0v) is 10.8. The smallest absolute Gasteiger partial charge is 0.125 e. The monoisotopic (exact) mass is 267 g/mol. The van der Waals surface area contributed by atoms with Crippen molar-refractivity contribution < 1.29 is 8.60 Å². The number of benzene rings is 1. The van der Waals surface area contributed by atoms with Gasteiger partial charge in [0.25, 0.3) is 0 Å². The van der Waals surface area contributed by atoms with E-state index in [0.717, 1.165) is 5.82 Å². The molecule has 0 aliphatic heterocycles. The fourth-order valence-corrected chi connectivity index (χ4v) is 2.79. The maximum atomic E-state index is 12.9. The Morgan fingerprint density at radius 1 is 1.50 bits per heavy atom. The van der Waals surface area contributed by atoms with Crippen LogP contribution in [0.25, 0.3) is 0 Å². The highest BCUT2D eigenvalue weighted by atomic mass is 32.2. The number of anilines is 1. The SMILES string of the molecule is Cn1ccnc1CCS(=O)c1ccc(F)cc1N. The minimum atomic E-state index is -1.24. The molecule has 6 heteroatoms. The van der Waals surface area contributed by atoms with Crippen LogP contribution in [0.1, 0.15) is 5.82 Å².